The monoisotopic (exact) mass is 426 g/mol. The van der Waals surface area contributed by atoms with Gasteiger partial charge in [0.25, 0.3) is 0 Å². The molecule has 6 heteroatoms. The van der Waals surface area contributed by atoms with Crippen molar-refractivity contribution in [1.82, 2.24) is 10.2 Å². The van der Waals surface area contributed by atoms with Crippen molar-refractivity contribution in [3.8, 4) is 5.75 Å². The Balaban J connectivity index is 1.76. The van der Waals surface area contributed by atoms with Gasteiger partial charge in [-0.25, -0.2) is 4.39 Å². The summed E-state index contributed by atoms with van der Waals surface area (Å²) in [6, 6.07) is 12.9. The fourth-order valence-electron chi connectivity index (χ4n) is 4.00. The number of nitrogens with one attached hydrogen (secondary N) is 1. The fourth-order valence-corrected chi connectivity index (χ4v) is 4.00. The Morgan fingerprint density at radius 3 is 2.48 bits per heavy atom. The minimum atomic E-state index is -0.624. The minimum Gasteiger partial charge on any atom is -0.497 e. The van der Waals surface area contributed by atoms with Crippen LogP contribution in [-0.4, -0.2) is 35.9 Å². The molecule has 5 nitrogen and oxygen atoms in total. The Kier molecular flexibility index (Phi) is 8.04. The van der Waals surface area contributed by atoms with Gasteiger partial charge in [-0.05, 0) is 55.2 Å². The molecule has 0 unspecified atom stereocenters. The highest BCUT2D eigenvalue weighted by atomic mass is 19.1. The molecule has 3 rings (SSSR count). The zero-order valence-corrected chi connectivity index (χ0v) is 18.3. The predicted octanol–water partition coefficient (Wildman–Crippen LogP) is 4.24. The van der Waals surface area contributed by atoms with E-state index >= 15 is 0 Å². The van der Waals surface area contributed by atoms with E-state index in [1.807, 2.05) is 24.3 Å². The molecule has 31 heavy (non-hydrogen) atoms. The van der Waals surface area contributed by atoms with Crippen molar-refractivity contribution in [3.05, 3.63) is 65.5 Å². The standard InChI is InChI=1S/C25H31FN2O3/c1-18(25(30)27-22-8-4-3-5-9-22)28(17-20-7-6-10-23(15-20)31-2)24(29)16-19-11-13-21(26)14-12-19/h6-7,10-15,18,22H,3-5,8-9,16-17H2,1-2H3,(H,27,30)/t18-/m1/s1. The molecule has 0 aromatic heterocycles. The lowest BCUT2D eigenvalue weighted by Gasteiger charge is -2.31. The second-order valence-corrected chi connectivity index (χ2v) is 8.20. The molecule has 2 aromatic rings. The number of ether oxygens (including phenoxy) is 1. The summed E-state index contributed by atoms with van der Waals surface area (Å²) < 4.78 is 18.5. The Morgan fingerprint density at radius 2 is 1.81 bits per heavy atom. The molecule has 1 fully saturated rings. The quantitative estimate of drug-likeness (QED) is 0.687. The lowest BCUT2D eigenvalue weighted by Crippen LogP contribution is -2.50. The summed E-state index contributed by atoms with van der Waals surface area (Å²) in [5.41, 5.74) is 1.59. The SMILES string of the molecule is COc1cccc(CN(C(=O)Cc2ccc(F)cc2)[C@H](C)C(=O)NC2CCCCC2)c1. The molecule has 0 aliphatic heterocycles. The second-order valence-electron chi connectivity index (χ2n) is 8.20. The molecule has 0 bridgehead atoms. The number of amides is 2. The van der Waals surface area contributed by atoms with Crippen LogP contribution in [0.5, 0.6) is 5.75 Å². The van der Waals surface area contributed by atoms with Crippen molar-refractivity contribution in [1.29, 1.82) is 0 Å². The van der Waals surface area contributed by atoms with Gasteiger partial charge in [-0.1, -0.05) is 43.5 Å². The molecule has 166 valence electrons. The van der Waals surface area contributed by atoms with Gasteiger partial charge in [-0.2, -0.15) is 0 Å². The third-order valence-corrected chi connectivity index (χ3v) is 5.87. The van der Waals surface area contributed by atoms with Crippen LogP contribution in [0.15, 0.2) is 48.5 Å². The normalized spacial score (nSPS) is 15.2. The van der Waals surface area contributed by atoms with Crippen LogP contribution in [0.4, 0.5) is 4.39 Å². The van der Waals surface area contributed by atoms with Gasteiger partial charge in [0, 0.05) is 12.6 Å². The zero-order chi connectivity index (χ0) is 22.2. The van der Waals surface area contributed by atoms with Crippen molar-refractivity contribution in [2.75, 3.05) is 7.11 Å². The van der Waals surface area contributed by atoms with Crippen molar-refractivity contribution in [2.45, 2.75) is 64.1 Å². The van der Waals surface area contributed by atoms with E-state index in [-0.39, 0.29) is 36.6 Å². The van der Waals surface area contributed by atoms with Crippen LogP contribution in [-0.2, 0) is 22.6 Å². The maximum absolute atomic E-state index is 13.2. The van der Waals surface area contributed by atoms with Gasteiger partial charge in [0.05, 0.1) is 13.5 Å². The zero-order valence-electron chi connectivity index (χ0n) is 18.3. The van der Waals surface area contributed by atoms with Gasteiger partial charge in [0.2, 0.25) is 11.8 Å². The maximum Gasteiger partial charge on any atom is 0.242 e. The van der Waals surface area contributed by atoms with E-state index in [9.17, 15) is 14.0 Å². The third kappa shape index (κ3) is 6.54. The number of carbonyl (C=O) groups is 2. The molecule has 1 atom stereocenters. The Morgan fingerprint density at radius 1 is 1.10 bits per heavy atom. The first-order valence-corrected chi connectivity index (χ1v) is 10.9. The number of carbonyl (C=O) groups excluding carboxylic acids is 2. The van der Waals surface area contributed by atoms with Crippen molar-refractivity contribution >= 4 is 11.8 Å². The Bertz CT molecular complexity index is 879. The summed E-state index contributed by atoms with van der Waals surface area (Å²) in [5.74, 6) is 0.0374. The maximum atomic E-state index is 13.2. The van der Waals surface area contributed by atoms with Crippen LogP contribution >= 0.6 is 0 Å². The molecule has 0 spiro atoms. The average molecular weight is 427 g/mol. The molecule has 1 aliphatic rings. The lowest BCUT2D eigenvalue weighted by molar-refractivity contribution is -0.140. The van der Waals surface area contributed by atoms with Crippen LogP contribution in [0.2, 0.25) is 0 Å². The number of halogens is 1. The van der Waals surface area contributed by atoms with Gasteiger partial charge in [0.15, 0.2) is 0 Å². The summed E-state index contributed by atoms with van der Waals surface area (Å²) in [4.78, 5) is 27.8. The van der Waals surface area contributed by atoms with Crippen molar-refractivity contribution in [2.24, 2.45) is 0 Å². The predicted molar refractivity (Wildman–Crippen MR) is 118 cm³/mol. The molecule has 0 saturated heterocycles. The highest BCUT2D eigenvalue weighted by Crippen LogP contribution is 2.20. The molecule has 2 amide bonds. The molecule has 1 saturated carbocycles. The van der Waals surface area contributed by atoms with Crippen LogP contribution in [0.25, 0.3) is 0 Å². The lowest BCUT2D eigenvalue weighted by atomic mass is 9.95. The largest absolute Gasteiger partial charge is 0.497 e. The van der Waals surface area contributed by atoms with Crippen LogP contribution in [0.3, 0.4) is 0 Å². The second kappa shape index (κ2) is 10.9. The minimum absolute atomic E-state index is 0.102. The third-order valence-electron chi connectivity index (χ3n) is 5.87. The van der Waals surface area contributed by atoms with Crippen LogP contribution < -0.4 is 10.1 Å². The number of hydrogen-bond donors (Lipinski definition) is 1. The first kappa shape index (κ1) is 22.8. The van der Waals surface area contributed by atoms with E-state index in [0.717, 1.165) is 31.2 Å². The number of benzene rings is 2. The molecule has 1 aliphatic carbocycles. The summed E-state index contributed by atoms with van der Waals surface area (Å²) in [6.07, 6.45) is 5.52. The number of methoxy groups -OCH3 is 1. The van der Waals surface area contributed by atoms with Crippen molar-refractivity contribution in [3.63, 3.8) is 0 Å². The molecule has 0 heterocycles. The number of hydrogen-bond acceptors (Lipinski definition) is 3. The highest BCUT2D eigenvalue weighted by molar-refractivity contribution is 5.88. The number of nitrogens with zero attached hydrogens (tertiary/aromatic N) is 1. The topological polar surface area (TPSA) is 58.6 Å². The summed E-state index contributed by atoms with van der Waals surface area (Å²) in [5, 5.41) is 3.13. The molecule has 1 N–H and O–H groups in total. The van der Waals surface area contributed by atoms with E-state index in [2.05, 4.69) is 5.32 Å². The van der Waals surface area contributed by atoms with Gasteiger partial charge in [0.1, 0.15) is 17.6 Å². The van der Waals surface area contributed by atoms with Gasteiger partial charge >= 0.3 is 0 Å². The number of rotatable bonds is 8. The van der Waals surface area contributed by atoms with Gasteiger partial charge in [-0.15, -0.1) is 0 Å². The van der Waals surface area contributed by atoms with Crippen LogP contribution in [0, 0.1) is 5.82 Å². The first-order valence-electron chi connectivity index (χ1n) is 10.9. The van der Waals surface area contributed by atoms with Crippen molar-refractivity contribution < 1.29 is 18.7 Å². The van der Waals surface area contributed by atoms with E-state index < -0.39 is 6.04 Å². The smallest absolute Gasteiger partial charge is 0.242 e. The van der Waals surface area contributed by atoms with E-state index in [0.29, 0.717) is 11.3 Å². The van der Waals surface area contributed by atoms with E-state index in [1.54, 1.807) is 31.1 Å². The molecule has 2 aromatic carbocycles. The Labute approximate surface area is 183 Å². The molecular formula is C25H31FN2O3. The van der Waals surface area contributed by atoms with E-state index in [4.69, 9.17) is 4.74 Å². The first-order chi connectivity index (χ1) is 15.0. The van der Waals surface area contributed by atoms with Gasteiger partial charge < -0.3 is 15.0 Å². The summed E-state index contributed by atoms with van der Waals surface area (Å²) >= 11 is 0. The van der Waals surface area contributed by atoms with Crippen LogP contribution in [0.1, 0.15) is 50.2 Å². The molecule has 0 radical (unpaired) electrons. The summed E-state index contributed by atoms with van der Waals surface area (Å²) in [6.45, 7) is 2.05. The highest BCUT2D eigenvalue weighted by Gasteiger charge is 2.28. The fraction of sp³-hybridized carbons (Fsp3) is 0.440. The average Bonchev–Trinajstić information content (AvgIpc) is 2.79. The summed E-state index contributed by atoms with van der Waals surface area (Å²) in [7, 11) is 1.59. The van der Waals surface area contributed by atoms with E-state index in [1.165, 1.54) is 18.6 Å². The molecular weight excluding hydrogens is 395 g/mol. The Hall–Kier alpha value is -2.89. The van der Waals surface area contributed by atoms with Gasteiger partial charge in [-0.3, -0.25) is 9.59 Å².